The monoisotopic (exact) mass is 403 g/mol. The summed E-state index contributed by atoms with van der Waals surface area (Å²) >= 11 is 5.08. The Labute approximate surface area is 153 Å². The lowest BCUT2D eigenvalue weighted by Crippen LogP contribution is -2.38. The fourth-order valence-electron chi connectivity index (χ4n) is 2.39. The molecule has 1 unspecified atom stereocenters. The summed E-state index contributed by atoms with van der Waals surface area (Å²) in [6.45, 7) is 2.54. The van der Waals surface area contributed by atoms with Gasteiger partial charge in [-0.2, -0.15) is 0 Å². The Morgan fingerprint density at radius 3 is 2.71 bits per heavy atom. The maximum absolute atomic E-state index is 12.0. The van der Waals surface area contributed by atoms with Crippen LogP contribution in [0.5, 0.6) is 0 Å². The number of carbonyl (C=O) groups is 1. The van der Waals surface area contributed by atoms with E-state index in [1.54, 1.807) is 11.3 Å². The van der Waals surface area contributed by atoms with Crippen molar-refractivity contribution in [1.82, 2.24) is 15.6 Å². The van der Waals surface area contributed by atoms with Crippen LogP contribution in [0.2, 0.25) is 0 Å². The molecule has 124 valence electrons. The molecule has 0 bridgehead atoms. The van der Waals surface area contributed by atoms with E-state index in [2.05, 4.69) is 37.6 Å². The van der Waals surface area contributed by atoms with Crippen LogP contribution in [-0.2, 0) is 6.42 Å². The topological polar surface area (TPSA) is 54.0 Å². The van der Waals surface area contributed by atoms with Gasteiger partial charge >= 0.3 is 6.03 Å². The average Bonchev–Trinajstić information content (AvgIpc) is 2.98. The van der Waals surface area contributed by atoms with Gasteiger partial charge in [-0.15, -0.1) is 11.3 Å². The molecule has 0 fully saturated rings. The van der Waals surface area contributed by atoms with Crippen LogP contribution >= 0.6 is 27.3 Å². The highest BCUT2D eigenvalue weighted by Gasteiger charge is 2.09. The summed E-state index contributed by atoms with van der Waals surface area (Å²) in [5.74, 6) is 0. The van der Waals surface area contributed by atoms with Crippen LogP contribution < -0.4 is 10.6 Å². The molecule has 0 aliphatic carbocycles. The predicted molar refractivity (Wildman–Crippen MR) is 102 cm³/mol. The number of hydrogen-bond acceptors (Lipinski definition) is 3. The number of amides is 2. The standard InChI is InChI=1S/C18H18BrN3OS/c1-12(13-6-8-14(19)9-7-13)21-18(23)20-11-10-17-22-15-4-2-3-5-16(15)24-17/h2-9,12H,10-11H2,1H3,(H2,20,21,23). The first-order valence-corrected chi connectivity index (χ1v) is 9.37. The fraction of sp³-hybridized carbons (Fsp3) is 0.222. The number of carbonyl (C=O) groups excluding carboxylic acids is 1. The first-order valence-electron chi connectivity index (χ1n) is 7.76. The van der Waals surface area contributed by atoms with Gasteiger partial charge in [-0.1, -0.05) is 40.2 Å². The SMILES string of the molecule is CC(NC(=O)NCCc1nc2ccccc2s1)c1ccc(Br)cc1. The zero-order valence-electron chi connectivity index (χ0n) is 13.3. The van der Waals surface area contributed by atoms with Crippen LogP contribution in [0.3, 0.4) is 0 Å². The molecule has 2 aromatic carbocycles. The third kappa shape index (κ3) is 4.33. The van der Waals surface area contributed by atoms with Crippen molar-refractivity contribution in [3.05, 3.63) is 63.6 Å². The number of aromatic nitrogens is 1. The summed E-state index contributed by atoms with van der Waals surface area (Å²) in [5, 5.41) is 6.88. The minimum atomic E-state index is -0.161. The van der Waals surface area contributed by atoms with Crippen molar-refractivity contribution in [2.24, 2.45) is 0 Å². The third-order valence-corrected chi connectivity index (χ3v) is 5.31. The normalized spacial score (nSPS) is 12.1. The minimum absolute atomic E-state index is 0.0412. The van der Waals surface area contributed by atoms with Gasteiger partial charge in [0.05, 0.1) is 21.3 Å². The number of urea groups is 1. The maximum Gasteiger partial charge on any atom is 0.315 e. The lowest BCUT2D eigenvalue weighted by molar-refractivity contribution is 0.238. The van der Waals surface area contributed by atoms with Crippen molar-refractivity contribution in [2.45, 2.75) is 19.4 Å². The fourth-order valence-corrected chi connectivity index (χ4v) is 3.62. The van der Waals surface area contributed by atoms with Crippen LogP contribution in [0.15, 0.2) is 53.0 Å². The van der Waals surface area contributed by atoms with Crippen molar-refractivity contribution < 1.29 is 4.79 Å². The quantitative estimate of drug-likeness (QED) is 0.650. The molecule has 1 aromatic heterocycles. The predicted octanol–water partition coefficient (Wildman–Crippen LogP) is 4.66. The average molecular weight is 404 g/mol. The Bertz CT molecular complexity index is 799. The number of fused-ring (bicyclic) bond motifs is 1. The number of thiazole rings is 1. The number of para-hydroxylation sites is 1. The molecule has 4 nitrogen and oxygen atoms in total. The smallest absolute Gasteiger partial charge is 0.315 e. The molecule has 24 heavy (non-hydrogen) atoms. The first-order chi connectivity index (χ1) is 11.6. The van der Waals surface area contributed by atoms with E-state index in [-0.39, 0.29) is 12.1 Å². The number of nitrogens with zero attached hydrogens (tertiary/aromatic N) is 1. The van der Waals surface area contributed by atoms with E-state index in [0.29, 0.717) is 6.54 Å². The van der Waals surface area contributed by atoms with E-state index >= 15 is 0 Å². The van der Waals surface area contributed by atoms with Gasteiger partial charge in [0.25, 0.3) is 0 Å². The minimum Gasteiger partial charge on any atom is -0.338 e. The summed E-state index contributed by atoms with van der Waals surface area (Å²) in [4.78, 5) is 16.6. The first kappa shape index (κ1) is 16.9. The molecule has 1 atom stereocenters. The Morgan fingerprint density at radius 1 is 1.21 bits per heavy atom. The molecular weight excluding hydrogens is 386 g/mol. The molecule has 0 saturated carbocycles. The third-order valence-electron chi connectivity index (χ3n) is 3.68. The molecule has 0 radical (unpaired) electrons. The Hall–Kier alpha value is -1.92. The van der Waals surface area contributed by atoms with Crippen LogP contribution in [0.1, 0.15) is 23.5 Å². The van der Waals surface area contributed by atoms with Gasteiger partial charge < -0.3 is 10.6 Å². The van der Waals surface area contributed by atoms with Crippen molar-refractivity contribution in [2.75, 3.05) is 6.54 Å². The van der Waals surface area contributed by atoms with Crippen molar-refractivity contribution >= 4 is 43.5 Å². The van der Waals surface area contributed by atoms with Gasteiger partial charge in [-0.25, -0.2) is 9.78 Å². The zero-order chi connectivity index (χ0) is 16.9. The van der Waals surface area contributed by atoms with E-state index in [1.807, 2.05) is 49.4 Å². The summed E-state index contributed by atoms with van der Waals surface area (Å²) in [7, 11) is 0. The van der Waals surface area contributed by atoms with Gasteiger partial charge in [0.1, 0.15) is 0 Å². The number of halogens is 1. The molecule has 6 heteroatoms. The second kappa shape index (κ2) is 7.77. The lowest BCUT2D eigenvalue weighted by Gasteiger charge is -2.15. The summed E-state index contributed by atoms with van der Waals surface area (Å²) in [6, 6.07) is 15.8. The van der Waals surface area contributed by atoms with Crippen LogP contribution in [0.25, 0.3) is 10.2 Å². The van der Waals surface area contributed by atoms with E-state index in [0.717, 1.165) is 27.0 Å². The van der Waals surface area contributed by atoms with Crippen molar-refractivity contribution in [3.8, 4) is 0 Å². The van der Waals surface area contributed by atoms with Gasteiger partial charge in [-0.3, -0.25) is 0 Å². The molecule has 0 saturated heterocycles. The Balaban J connectivity index is 1.47. The molecular formula is C18H18BrN3OS. The van der Waals surface area contributed by atoms with Gasteiger partial charge in [0, 0.05) is 17.4 Å². The maximum atomic E-state index is 12.0. The number of nitrogens with one attached hydrogen (secondary N) is 2. The van der Waals surface area contributed by atoms with E-state index < -0.39 is 0 Å². The highest BCUT2D eigenvalue weighted by Crippen LogP contribution is 2.21. The molecule has 0 aliphatic heterocycles. The van der Waals surface area contributed by atoms with Gasteiger partial charge in [0.15, 0.2) is 0 Å². The van der Waals surface area contributed by atoms with Gasteiger partial charge in [-0.05, 0) is 36.8 Å². The zero-order valence-corrected chi connectivity index (χ0v) is 15.7. The van der Waals surface area contributed by atoms with E-state index in [9.17, 15) is 4.79 Å². The highest BCUT2D eigenvalue weighted by molar-refractivity contribution is 9.10. The molecule has 0 spiro atoms. The summed E-state index contributed by atoms with van der Waals surface area (Å²) in [6.07, 6.45) is 0.736. The van der Waals surface area contributed by atoms with Crippen LogP contribution in [-0.4, -0.2) is 17.6 Å². The second-order valence-corrected chi connectivity index (χ2v) is 7.53. The van der Waals surface area contributed by atoms with E-state index in [4.69, 9.17) is 0 Å². The summed E-state index contributed by atoms with van der Waals surface area (Å²) in [5.41, 5.74) is 2.09. The summed E-state index contributed by atoms with van der Waals surface area (Å²) < 4.78 is 2.21. The molecule has 0 aliphatic rings. The molecule has 3 rings (SSSR count). The second-order valence-electron chi connectivity index (χ2n) is 5.50. The molecule has 3 aromatic rings. The van der Waals surface area contributed by atoms with Crippen molar-refractivity contribution in [3.63, 3.8) is 0 Å². The Morgan fingerprint density at radius 2 is 1.96 bits per heavy atom. The molecule has 2 N–H and O–H groups in total. The largest absolute Gasteiger partial charge is 0.338 e. The van der Waals surface area contributed by atoms with Crippen molar-refractivity contribution in [1.29, 1.82) is 0 Å². The molecule has 2 amide bonds. The lowest BCUT2D eigenvalue weighted by atomic mass is 10.1. The van der Waals surface area contributed by atoms with Gasteiger partial charge in [0.2, 0.25) is 0 Å². The highest BCUT2D eigenvalue weighted by atomic mass is 79.9. The molecule has 1 heterocycles. The number of hydrogen-bond donors (Lipinski definition) is 2. The van der Waals surface area contributed by atoms with Crippen LogP contribution in [0, 0.1) is 0 Å². The van der Waals surface area contributed by atoms with Crippen LogP contribution in [0.4, 0.5) is 4.79 Å². The number of benzene rings is 2. The Kier molecular flexibility index (Phi) is 5.48. The van der Waals surface area contributed by atoms with E-state index in [1.165, 1.54) is 4.70 Å². The number of rotatable bonds is 5.